The number of hydrogen-bond donors (Lipinski definition) is 1. The zero-order valence-corrected chi connectivity index (χ0v) is 14.4. The second-order valence-corrected chi connectivity index (χ2v) is 6.76. The third-order valence-electron chi connectivity index (χ3n) is 2.66. The first kappa shape index (κ1) is 17.9. The first-order valence-electron chi connectivity index (χ1n) is 6.24. The molecule has 0 atom stereocenters. The fourth-order valence-corrected chi connectivity index (χ4v) is 3.29. The van der Waals surface area contributed by atoms with Gasteiger partial charge in [-0.25, -0.2) is 4.79 Å². The summed E-state index contributed by atoms with van der Waals surface area (Å²) in [5.74, 6) is -1.35. The number of hydrogen-bond acceptors (Lipinski definition) is 3. The van der Waals surface area contributed by atoms with Gasteiger partial charge in [0.1, 0.15) is 5.75 Å². The van der Waals surface area contributed by atoms with Gasteiger partial charge in [-0.2, -0.15) is 0 Å². The van der Waals surface area contributed by atoms with Crippen LogP contribution in [0.4, 0.5) is 13.2 Å². The molecule has 0 saturated carbocycles. The number of carboxylic acids is 1. The average Bonchev–Trinajstić information content (AvgIpc) is 2.43. The molecule has 2 aromatic rings. The molecule has 0 aliphatic heterocycles. The Hall–Kier alpha value is -1.42. The van der Waals surface area contributed by atoms with E-state index in [0.717, 1.165) is 15.2 Å². The van der Waals surface area contributed by atoms with Crippen molar-refractivity contribution in [2.24, 2.45) is 0 Å². The lowest BCUT2D eigenvalue weighted by molar-refractivity contribution is -0.274. The van der Waals surface area contributed by atoms with Crippen molar-refractivity contribution in [2.75, 3.05) is 0 Å². The predicted molar refractivity (Wildman–Crippen MR) is 88.8 cm³/mol. The second-order valence-electron chi connectivity index (χ2n) is 4.46. The van der Waals surface area contributed by atoms with Gasteiger partial charge >= 0.3 is 12.3 Å². The number of aromatic carboxylic acids is 1. The van der Waals surface area contributed by atoms with Gasteiger partial charge in [-0.05, 0) is 58.5 Å². The van der Waals surface area contributed by atoms with Crippen LogP contribution >= 0.6 is 34.4 Å². The summed E-state index contributed by atoms with van der Waals surface area (Å²) in [6.07, 6.45) is -4.87. The van der Waals surface area contributed by atoms with Gasteiger partial charge in [0, 0.05) is 14.2 Å². The van der Waals surface area contributed by atoms with Crippen molar-refractivity contribution in [3.8, 4) is 5.75 Å². The minimum atomic E-state index is -4.87. The molecule has 2 aromatic carbocycles. The predicted octanol–water partition coefficient (Wildman–Crippen LogP) is 5.18. The Bertz CT molecular complexity index is 719. The van der Waals surface area contributed by atoms with Gasteiger partial charge in [0.2, 0.25) is 0 Å². The largest absolute Gasteiger partial charge is 0.573 e. The molecule has 23 heavy (non-hydrogen) atoms. The summed E-state index contributed by atoms with van der Waals surface area (Å²) in [6, 6.07) is 11.0. The van der Waals surface area contributed by atoms with E-state index in [2.05, 4.69) is 27.3 Å². The standard InChI is InChI=1S/C15H10F3IO3S/c16-15(17,18)22-12-5-10(14(20)21)6-13(7-12)23-8-9-2-1-3-11(19)4-9/h1-7H,8H2,(H,20,21). The molecular weight excluding hydrogens is 444 g/mol. The van der Waals surface area contributed by atoms with Crippen LogP contribution in [-0.4, -0.2) is 17.4 Å². The molecule has 122 valence electrons. The van der Waals surface area contributed by atoms with E-state index in [9.17, 15) is 18.0 Å². The van der Waals surface area contributed by atoms with Crippen LogP contribution in [0.1, 0.15) is 15.9 Å². The van der Waals surface area contributed by atoms with Crippen LogP contribution in [0.3, 0.4) is 0 Å². The highest BCUT2D eigenvalue weighted by molar-refractivity contribution is 14.1. The molecule has 0 spiro atoms. The number of alkyl halides is 3. The quantitative estimate of drug-likeness (QED) is 0.500. The van der Waals surface area contributed by atoms with Gasteiger partial charge in [-0.1, -0.05) is 12.1 Å². The molecule has 8 heteroatoms. The van der Waals surface area contributed by atoms with Gasteiger partial charge in [0.05, 0.1) is 5.56 Å². The SMILES string of the molecule is O=C(O)c1cc(OC(F)(F)F)cc(SCc2cccc(I)c2)c1. The van der Waals surface area contributed by atoms with Crippen molar-refractivity contribution in [2.45, 2.75) is 17.0 Å². The highest BCUT2D eigenvalue weighted by atomic mass is 127. The third kappa shape index (κ3) is 5.94. The van der Waals surface area contributed by atoms with Crippen molar-refractivity contribution in [3.05, 3.63) is 57.2 Å². The molecule has 0 amide bonds. The van der Waals surface area contributed by atoms with Crippen LogP contribution in [0.2, 0.25) is 0 Å². The number of carboxylic acid groups (broad SMARTS) is 1. The molecule has 0 heterocycles. The lowest BCUT2D eigenvalue weighted by Crippen LogP contribution is -2.17. The van der Waals surface area contributed by atoms with Gasteiger partial charge in [-0.15, -0.1) is 24.9 Å². The molecule has 0 radical (unpaired) electrons. The Morgan fingerprint density at radius 3 is 2.57 bits per heavy atom. The number of halogens is 4. The van der Waals surface area contributed by atoms with E-state index in [-0.39, 0.29) is 5.56 Å². The van der Waals surface area contributed by atoms with E-state index in [1.807, 2.05) is 24.3 Å². The smallest absolute Gasteiger partial charge is 0.478 e. The number of carbonyl (C=O) groups is 1. The van der Waals surface area contributed by atoms with Gasteiger partial charge in [0.15, 0.2) is 0 Å². The molecule has 0 bridgehead atoms. The first-order valence-corrected chi connectivity index (χ1v) is 8.31. The van der Waals surface area contributed by atoms with Crippen LogP contribution in [0.15, 0.2) is 47.4 Å². The topological polar surface area (TPSA) is 46.5 Å². The van der Waals surface area contributed by atoms with Gasteiger partial charge in [0.25, 0.3) is 0 Å². The summed E-state index contributed by atoms with van der Waals surface area (Å²) in [6.45, 7) is 0. The number of rotatable bonds is 5. The van der Waals surface area contributed by atoms with E-state index >= 15 is 0 Å². The number of ether oxygens (including phenoxy) is 1. The van der Waals surface area contributed by atoms with Crippen LogP contribution in [0.25, 0.3) is 0 Å². The minimum absolute atomic E-state index is 0.253. The normalized spacial score (nSPS) is 11.3. The Labute approximate surface area is 148 Å². The molecule has 0 unspecified atom stereocenters. The second kappa shape index (κ2) is 7.43. The van der Waals surface area contributed by atoms with E-state index < -0.39 is 18.1 Å². The maximum atomic E-state index is 12.3. The van der Waals surface area contributed by atoms with E-state index in [1.165, 1.54) is 23.9 Å². The van der Waals surface area contributed by atoms with Gasteiger partial charge in [-0.3, -0.25) is 0 Å². The molecule has 1 N–H and O–H groups in total. The van der Waals surface area contributed by atoms with Crippen LogP contribution in [0.5, 0.6) is 5.75 Å². The summed E-state index contributed by atoms with van der Waals surface area (Å²) in [7, 11) is 0. The van der Waals surface area contributed by atoms with Crippen molar-refractivity contribution < 1.29 is 27.8 Å². The molecule has 2 rings (SSSR count). The summed E-state index contributed by atoms with van der Waals surface area (Å²) >= 11 is 3.40. The first-order chi connectivity index (χ1) is 10.7. The van der Waals surface area contributed by atoms with Crippen molar-refractivity contribution in [1.29, 1.82) is 0 Å². The summed E-state index contributed by atoms with van der Waals surface area (Å²) in [4.78, 5) is 11.4. The third-order valence-corrected chi connectivity index (χ3v) is 4.37. The Balaban J connectivity index is 2.21. The zero-order chi connectivity index (χ0) is 17.0. The molecule has 0 fully saturated rings. The Morgan fingerprint density at radius 1 is 1.22 bits per heavy atom. The molecule has 0 aliphatic rings. The number of thioether (sulfide) groups is 1. The molecule has 3 nitrogen and oxygen atoms in total. The maximum absolute atomic E-state index is 12.3. The molecular formula is C15H10F3IO3S. The van der Waals surface area contributed by atoms with E-state index in [0.29, 0.717) is 10.6 Å². The molecule has 0 aromatic heterocycles. The summed E-state index contributed by atoms with van der Waals surface area (Å²) < 4.78 is 41.8. The highest BCUT2D eigenvalue weighted by Crippen LogP contribution is 2.31. The average molecular weight is 454 g/mol. The Kier molecular flexibility index (Phi) is 5.79. The van der Waals surface area contributed by atoms with E-state index in [1.54, 1.807) is 0 Å². The maximum Gasteiger partial charge on any atom is 0.573 e. The Morgan fingerprint density at radius 2 is 1.96 bits per heavy atom. The molecule has 0 aliphatic carbocycles. The van der Waals surface area contributed by atoms with Crippen molar-refractivity contribution in [1.82, 2.24) is 0 Å². The highest BCUT2D eigenvalue weighted by Gasteiger charge is 2.31. The molecule has 0 saturated heterocycles. The van der Waals surface area contributed by atoms with Crippen LogP contribution in [-0.2, 0) is 5.75 Å². The summed E-state index contributed by atoms with van der Waals surface area (Å²) in [5, 5.41) is 9.01. The van der Waals surface area contributed by atoms with Crippen molar-refractivity contribution in [3.63, 3.8) is 0 Å². The zero-order valence-electron chi connectivity index (χ0n) is 11.4. The van der Waals surface area contributed by atoms with Gasteiger partial charge < -0.3 is 9.84 Å². The summed E-state index contributed by atoms with van der Waals surface area (Å²) in [5.41, 5.74) is 0.734. The monoisotopic (exact) mass is 454 g/mol. The number of benzene rings is 2. The fraction of sp³-hybridized carbons (Fsp3) is 0.133. The minimum Gasteiger partial charge on any atom is -0.478 e. The lowest BCUT2D eigenvalue weighted by atomic mass is 10.2. The fourth-order valence-electron chi connectivity index (χ4n) is 1.76. The van der Waals surface area contributed by atoms with Crippen molar-refractivity contribution >= 4 is 40.3 Å². The van der Waals surface area contributed by atoms with E-state index in [4.69, 9.17) is 5.11 Å². The van der Waals surface area contributed by atoms with Crippen LogP contribution in [0, 0.1) is 3.57 Å². The lowest BCUT2D eigenvalue weighted by Gasteiger charge is -2.11. The van der Waals surface area contributed by atoms with Crippen LogP contribution < -0.4 is 4.74 Å².